The van der Waals surface area contributed by atoms with E-state index >= 15 is 0 Å². The number of nitrogens with two attached hydrogens (primary N) is 2. The standard InChI is InChI=1S/C9H14N4O5/c10-7(16)9(8(11)17)5(15)3(14)4(18-9)6-12-1-2-13-6/h1-5,7,14-16H,10H2,(H2,11,17)(H,12,13)/t3-,4?,5-,7?,9-/m0/s1. The minimum absolute atomic E-state index is 0.185. The first kappa shape index (κ1) is 12.9. The highest BCUT2D eigenvalue weighted by molar-refractivity contribution is 5.85. The number of ether oxygens (including phenoxy) is 1. The van der Waals surface area contributed by atoms with Crippen molar-refractivity contribution in [2.75, 3.05) is 0 Å². The van der Waals surface area contributed by atoms with Crippen LogP contribution in [0.25, 0.3) is 0 Å². The molecule has 0 aliphatic carbocycles. The number of amides is 1. The van der Waals surface area contributed by atoms with E-state index < -0.39 is 36.0 Å². The predicted octanol–water partition coefficient (Wildman–Crippen LogP) is -3.30. The molecule has 1 aromatic heterocycles. The Hall–Kier alpha value is -1.52. The summed E-state index contributed by atoms with van der Waals surface area (Å²) in [4.78, 5) is 17.9. The first-order valence-corrected chi connectivity index (χ1v) is 5.18. The minimum Gasteiger partial charge on any atom is -0.387 e. The van der Waals surface area contributed by atoms with Gasteiger partial charge in [-0.25, -0.2) is 4.98 Å². The molecule has 0 bridgehead atoms. The van der Waals surface area contributed by atoms with Crippen molar-refractivity contribution in [1.29, 1.82) is 0 Å². The third-order valence-electron chi connectivity index (χ3n) is 3.01. The largest absolute Gasteiger partial charge is 0.387 e. The number of nitrogens with one attached hydrogen (secondary N) is 1. The van der Waals surface area contributed by atoms with Crippen molar-refractivity contribution in [3.05, 3.63) is 18.2 Å². The van der Waals surface area contributed by atoms with Crippen LogP contribution in [0.15, 0.2) is 12.4 Å². The van der Waals surface area contributed by atoms with Gasteiger partial charge in [-0.1, -0.05) is 0 Å². The summed E-state index contributed by atoms with van der Waals surface area (Å²) in [6, 6.07) is 0. The number of aromatic amines is 1. The van der Waals surface area contributed by atoms with Crippen molar-refractivity contribution in [2.24, 2.45) is 11.5 Å². The Kier molecular flexibility index (Phi) is 3.09. The summed E-state index contributed by atoms with van der Waals surface area (Å²) < 4.78 is 5.20. The zero-order chi connectivity index (χ0) is 13.5. The molecule has 9 nitrogen and oxygen atoms in total. The lowest BCUT2D eigenvalue weighted by Gasteiger charge is -2.30. The zero-order valence-corrected chi connectivity index (χ0v) is 9.22. The Morgan fingerprint density at radius 1 is 1.61 bits per heavy atom. The lowest BCUT2D eigenvalue weighted by molar-refractivity contribution is -0.173. The van der Waals surface area contributed by atoms with Crippen LogP contribution in [0.3, 0.4) is 0 Å². The normalized spacial score (nSPS) is 37.7. The third-order valence-corrected chi connectivity index (χ3v) is 3.01. The highest BCUT2D eigenvalue weighted by Crippen LogP contribution is 2.39. The van der Waals surface area contributed by atoms with Gasteiger partial charge in [0.1, 0.15) is 30.4 Å². The van der Waals surface area contributed by atoms with Crippen LogP contribution in [0.1, 0.15) is 11.9 Å². The average Bonchev–Trinajstić information content (AvgIpc) is 2.88. The molecule has 0 saturated carbocycles. The molecule has 2 unspecified atom stereocenters. The molecular weight excluding hydrogens is 244 g/mol. The van der Waals surface area contributed by atoms with Crippen LogP contribution in [0.5, 0.6) is 0 Å². The van der Waals surface area contributed by atoms with E-state index in [4.69, 9.17) is 16.2 Å². The smallest absolute Gasteiger partial charge is 0.256 e. The van der Waals surface area contributed by atoms with Crippen LogP contribution in [0.2, 0.25) is 0 Å². The van der Waals surface area contributed by atoms with E-state index in [9.17, 15) is 20.1 Å². The van der Waals surface area contributed by atoms with Crippen molar-refractivity contribution in [3.63, 3.8) is 0 Å². The summed E-state index contributed by atoms with van der Waals surface area (Å²) in [6.45, 7) is 0. The summed E-state index contributed by atoms with van der Waals surface area (Å²) in [5.74, 6) is -0.983. The summed E-state index contributed by atoms with van der Waals surface area (Å²) >= 11 is 0. The van der Waals surface area contributed by atoms with Crippen LogP contribution < -0.4 is 11.5 Å². The number of H-pyrrole nitrogens is 1. The number of hydrogen-bond acceptors (Lipinski definition) is 7. The fourth-order valence-corrected chi connectivity index (χ4v) is 2.01. The number of hydrogen-bond donors (Lipinski definition) is 6. The number of rotatable bonds is 3. The van der Waals surface area contributed by atoms with Crippen LogP contribution in [0, 0.1) is 0 Å². The first-order valence-electron chi connectivity index (χ1n) is 5.18. The SMILES string of the molecule is NC(=O)[C@]1(C(N)O)OC(c2ncc[nH]2)[C@H](O)[C@@H]1O. The lowest BCUT2D eigenvalue weighted by atomic mass is 9.92. The van der Waals surface area contributed by atoms with E-state index in [1.165, 1.54) is 12.4 Å². The fraction of sp³-hybridized carbons (Fsp3) is 0.556. The Morgan fingerprint density at radius 3 is 2.67 bits per heavy atom. The van der Waals surface area contributed by atoms with Crippen molar-refractivity contribution in [2.45, 2.75) is 30.1 Å². The maximum absolute atomic E-state index is 11.4. The van der Waals surface area contributed by atoms with Crippen LogP contribution in [-0.2, 0) is 9.53 Å². The maximum Gasteiger partial charge on any atom is 0.256 e. The molecule has 0 aromatic carbocycles. The van der Waals surface area contributed by atoms with E-state index in [0.717, 1.165) is 0 Å². The van der Waals surface area contributed by atoms with Gasteiger partial charge in [0, 0.05) is 12.4 Å². The quantitative estimate of drug-likeness (QED) is 0.309. The molecule has 2 heterocycles. The van der Waals surface area contributed by atoms with E-state index in [1.54, 1.807) is 0 Å². The predicted molar refractivity (Wildman–Crippen MR) is 56.5 cm³/mol. The van der Waals surface area contributed by atoms with Gasteiger partial charge >= 0.3 is 0 Å². The highest BCUT2D eigenvalue weighted by Gasteiger charge is 2.62. The highest BCUT2D eigenvalue weighted by atomic mass is 16.6. The zero-order valence-electron chi connectivity index (χ0n) is 9.22. The molecule has 18 heavy (non-hydrogen) atoms. The van der Waals surface area contributed by atoms with Gasteiger partial charge in [0.25, 0.3) is 5.91 Å². The van der Waals surface area contributed by atoms with Gasteiger partial charge in [-0.3, -0.25) is 4.79 Å². The van der Waals surface area contributed by atoms with Gasteiger partial charge in [0.05, 0.1) is 0 Å². The van der Waals surface area contributed by atoms with Gasteiger partial charge in [-0.2, -0.15) is 0 Å². The van der Waals surface area contributed by atoms with Gasteiger partial charge in [-0.15, -0.1) is 0 Å². The molecule has 1 amide bonds. The monoisotopic (exact) mass is 258 g/mol. The summed E-state index contributed by atoms with van der Waals surface area (Å²) in [5, 5.41) is 29.1. The molecule has 1 saturated heterocycles. The van der Waals surface area contributed by atoms with Crippen LogP contribution in [-0.4, -0.2) is 55.2 Å². The molecule has 1 aliphatic heterocycles. The van der Waals surface area contributed by atoms with Gasteiger partial charge in [0.2, 0.25) is 5.60 Å². The maximum atomic E-state index is 11.4. The number of aliphatic hydroxyl groups excluding tert-OH is 3. The Morgan fingerprint density at radius 2 is 2.28 bits per heavy atom. The average molecular weight is 258 g/mol. The lowest BCUT2D eigenvalue weighted by Crippen LogP contribution is -2.63. The molecule has 0 spiro atoms. The second-order valence-corrected chi connectivity index (χ2v) is 4.05. The molecule has 9 heteroatoms. The molecule has 0 radical (unpaired) electrons. The van der Waals surface area contributed by atoms with Crippen molar-refractivity contribution in [1.82, 2.24) is 9.97 Å². The molecule has 1 fully saturated rings. The first-order chi connectivity index (χ1) is 8.41. The van der Waals surface area contributed by atoms with Gasteiger partial charge < -0.3 is 36.5 Å². The number of aromatic nitrogens is 2. The third kappa shape index (κ3) is 1.61. The molecular formula is C9H14N4O5. The second-order valence-electron chi connectivity index (χ2n) is 4.05. The van der Waals surface area contributed by atoms with Crippen molar-refractivity contribution < 1.29 is 24.9 Å². The van der Waals surface area contributed by atoms with E-state index in [2.05, 4.69) is 9.97 Å². The topological polar surface area (TPSA) is 168 Å². The number of carbonyl (C=O) groups is 1. The summed E-state index contributed by atoms with van der Waals surface area (Å²) in [7, 11) is 0. The summed E-state index contributed by atoms with van der Waals surface area (Å²) in [5.41, 5.74) is 8.06. The molecule has 5 atom stereocenters. The van der Waals surface area contributed by atoms with Crippen molar-refractivity contribution in [3.8, 4) is 0 Å². The van der Waals surface area contributed by atoms with Crippen LogP contribution in [0.4, 0.5) is 0 Å². The molecule has 8 N–H and O–H groups in total. The number of carbonyl (C=O) groups excluding carboxylic acids is 1. The summed E-state index contributed by atoms with van der Waals surface area (Å²) in [6.07, 6.45) is -3.39. The number of nitrogens with zero attached hydrogens (tertiary/aromatic N) is 1. The van der Waals surface area contributed by atoms with Gasteiger partial charge in [0.15, 0.2) is 0 Å². The minimum atomic E-state index is -2.27. The van der Waals surface area contributed by atoms with Crippen LogP contribution >= 0.6 is 0 Å². The fourth-order valence-electron chi connectivity index (χ4n) is 2.01. The molecule has 1 aliphatic rings. The Bertz CT molecular complexity index is 436. The number of aliphatic hydroxyl groups is 3. The molecule has 2 rings (SSSR count). The van der Waals surface area contributed by atoms with E-state index in [1.807, 2.05) is 0 Å². The van der Waals surface area contributed by atoms with Crippen molar-refractivity contribution >= 4 is 5.91 Å². The molecule has 1 aromatic rings. The Balaban J connectivity index is 2.39. The molecule has 100 valence electrons. The Labute approximate surface area is 101 Å². The number of primary amides is 1. The van der Waals surface area contributed by atoms with E-state index in [-0.39, 0.29) is 5.82 Å². The number of imidazole rings is 1. The second kappa shape index (κ2) is 4.30. The van der Waals surface area contributed by atoms with E-state index in [0.29, 0.717) is 0 Å². The van der Waals surface area contributed by atoms with Gasteiger partial charge in [-0.05, 0) is 0 Å².